The van der Waals surface area contributed by atoms with Gasteiger partial charge in [-0.2, -0.15) is 0 Å². The summed E-state index contributed by atoms with van der Waals surface area (Å²) in [6.45, 7) is 0.169. The molecule has 2 aromatic carbocycles. The van der Waals surface area contributed by atoms with Crippen molar-refractivity contribution < 1.29 is 28.1 Å². The van der Waals surface area contributed by atoms with E-state index < -0.39 is 5.82 Å². The zero-order chi connectivity index (χ0) is 18.1. The zero-order valence-corrected chi connectivity index (χ0v) is 14.3. The molecule has 0 N–H and O–H groups in total. The van der Waals surface area contributed by atoms with Crippen molar-refractivity contribution in [2.45, 2.75) is 12.8 Å². The number of hydrogen-bond donors (Lipinski definition) is 0. The van der Waals surface area contributed by atoms with Crippen molar-refractivity contribution >= 4 is 5.97 Å². The van der Waals surface area contributed by atoms with Crippen LogP contribution in [0.2, 0.25) is 0 Å². The van der Waals surface area contributed by atoms with Crippen LogP contribution in [0.4, 0.5) is 4.39 Å². The Morgan fingerprint density at radius 2 is 1.72 bits per heavy atom. The predicted molar refractivity (Wildman–Crippen MR) is 90.7 cm³/mol. The summed E-state index contributed by atoms with van der Waals surface area (Å²) in [5, 5.41) is 0. The third kappa shape index (κ3) is 5.67. The molecule has 0 heterocycles. The van der Waals surface area contributed by atoms with Crippen LogP contribution in [0.15, 0.2) is 42.5 Å². The van der Waals surface area contributed by atoms with E-state index in [4.69, 9.17) is 18.9 Å². The molecule has 0 unspecified atom stereocenters. The van der Waals surface area contributed by atoms with Gasteiger partial charge in [-0.3, -0.25) is 4.79 Å². The molecule has 0 bridgehead atoms. The molecule has 0 aromatic heterocycles. The number of carbonyl (C=O) groups excluding carboxylic acids is 1. The third-order valence-electron chi connectivity index (χ3n) is 3.51. The van der Waals surface area contributed by atoms with E-state index in [-0.39, 0.29) is 31.4 Å². The fourth-order valence-corrected chi connectivity index (χ4v) is 2.22. The average molecular weight is 348 g/mol. The molecule has 0 aliphatic heterocycles. The van der Waals surface area contributed by atoms with Crippen LogP contribution in [0.5, 0.6) is 17.2 Å². The Hall–Kier alpha value is -2.76. The Bertz CT molecular complexity index is 702. The molecule has 0 aliphatic rings. The van der Waals surface area contributed by atoms with Crippen LogP contribution in [0.25, 0.3) is 0 Å². The highest BCUT2D eigenvalue weighted by molar-refractivity contribution is 5.69. The van der Waals surface area contributed by atoms with Gasteiger partial charge < -0.3 is 18.9 Å². The van der Waals surface area contributed by atoms with Crippen molar-refractivity contribution in [2.75, 3.05) is 27.4 Å². The lowest BCUT2D eigenvalue weighted by Crippen LogP contribution is -2.13. The first-order valence-corrected chi connectivity index (χ1v) is 7.88. The molecule has 0 atom stereocenters. The zero-order valence-electron chi connectivity index (χ0n) is 14.3. The number of benzene rings is 2. The van der Waals surface area contributed by atoms with Gasteiger partial charge in [0.2, 0.25) is 0 Å². The van der Waals surface area contributed by atoms with Crippen molar-refractivity contribution in [3.05, 3.63) is 53.8 Å². The summed E-state index contributed by atoms with van der Waals surface area (Å²) in [7, 11) is 3.13. The SMILES string of the molecule is COc1ccc(CCC(=O)OCCOc2ccccc2F)cc1OC. The van der Waals surface area contributed by atoms with Gasteiger partial charge in [-0.25, -0.2) is 4.39 Å². The number of rotatable bonds is 9. The van der Waals surface area contributed by atoms with E-state index >= 15 is 0 Å². The summed E-state index contributed by atoms with van der Waals surface area (Å²) < 4.78 is 34.1. The van der Waals surface area contributed by atoms with Crippen LogP contribution in [0.3, 0.4) is 0 Å². The molecular weight excluding hydrogens is 327 g/mol. The van der Waals surface area contributed by atoms with E-state index in [9.17, 15) is 9.18 Å². The number of carbonyl (C=O) groups is 1. The smallest absolute Gasteiger partial charge is 0.306 e. The largest absolute Gasteiger partial charge is 0.493 e. The van der Waals surface area contributed by atoms with Gasteiger partial charge in [0, 0.05) is 6.42 Å². The van der Waals surface area contributed by atoms with Gasteiger partial charge in [0.1, 0.15) is 13.2 Å². The monoisotopic (exact) mass is 348 g/mol. The maximum absolute atomic E-state index is 13.3. The number of aryl methyl sites for hydroxylation is 1. The molecule has 0 aliphatic carbocycles. The highest BCUT2D eigenvalue weighted by atomic mass is 19.1. The molecule has 0 amide bonds. The summed E-state index contributed by atoms with van der Waals surface area (Å²) in [6, 6.07) is 11.6. The first-order valence-electron chi connectivity index (χ1n) is 7.88. The number of ether oxygens (including phenoxy) is 4. The maximum Gasteiger partial charge on any atom is 0.306 e. The summed E-state index contributed by atoms with van der Waals surface area (Å²) >= 11 is 0. The Balaban J connectivity index is 1.71. The molecule has 5 nitrogen and oxygen atoms in total. The number of hydrogen-bond acceptors (Lipinski definition) is 5. The Labute approximate surface area is 146 Å². The van der Waals surface area contributed by atoms with E-state index in [2.05, 4.69) is 0 Å². The second kappa shape index (κ2) is 9.52. The van der Waals surface area contributed by atoms with E-state index in [1.165, 1.54) is 12.1 Å². The maximum atomic E-state index is 13.3. The predicted octanol–water partition coefficient (Wildman–Crippen LogP) is 3.40. The van der Waals surface area contributed by atoms with Crippen LogP contribution in [-0.4, -0.2) is 33.4 Å². The minimum Gasteiger partial charge on any atom is -0.493 e. The molecule has 0 fully saturated rings. The molecule has 0 radical (unpaired) electrons. The molecule has 0 saturated heterocycles. The summed E-state index contributed by atoms with van der Waals surface area (Å²) in [5.41, 5.74) is 0.942. The van der Waals surface area contributed by atoms with Crippen molar-refractivity contribution in [3.8, 4) is 17.2 Å². The molecule has 134 valence electrons. The van der Waals surface area contributed by atoms with Gasteiger partial charge in [0.05, 0.1) is 14.2 Å². The lowest BCUT2D eigenvalue weighted by atomic mass is 10.1. The molecular formula is C19H21FO5. The molecule has 2 rings (SSSR count). The fourth-order valence-electron chi connectivity index (χ4n) is 2.22. The van der Waals surface area contributed by atoms with Crippen molar-refractivity contribution in [1.82, 2.24) is 0 Å². The van der Waals surface area contributed by atoms with E-state index in [1.807, 2.05) is 12.1 Å². The van der Waals surface area contributed by atoms with Crippen molar-refractivity contribution in [2.24, 2.45) is 0 Å². The minimum absolute atomic E-state index is 0.0686. The van der Waals surface area contributed by atoms with Gasteiger partial charge in [0.25, 0.3) is 0 Å². The second-order valence-corrected chi connectivity index (χ2v) is 5.19. The molecule has 25 heavy (non-hydrogen) atoms. The molecule has 6 heteroatoms. The number of esters is 1. The standard InChI is InChI=1S/C19H21FO5/c1-22-17-9-7-14(13-18(17)23-2)8-10-19(21)25-12-11-24-16-6-4-3-5-15(16)20/h3-7,9,13H,8,10-12H2,1-2H3. The van der Waals surface area contributed by atoms with Crippen molar-refractivity contribution in [3.63, 3.8) is 0 Å². The lowest BCUT2D eigenvalue weighted by Gasteiger charge is -2.10. The van der Waals surface area contributed by atoms with E-state index in [1.54, 1.807) is 32.4 Å². The summed E-state index contributed by atoms with van der Waals surface area (Å²) in [4.78, 5) is 11.8. The minimum atomic E-state index is -0.442. The first kappa shape index (κ1) is 18.6. The quantitative estimate of drug-likeness (QED) is 0.513. The van der Waals surface area contributed by atoms with Gasteiger partial charge >= 0.3 is 5.97 Å². The van der Waals surface area contributed by atoms with Gasteiger partial charge in [-0.15, -0.1) is 0 Å². The van der Waals surface area contributed by atoms with Crippen LogP contribution < -0.4 is 14.2 Å². The third-order valence-corrected chi connectivity index (χ3v) is 3.51. The summed E-state index contributed by atoms with van der Waals surface area (Å²) in [6.07, 6.45) is 0.753. The number of halogens is 1. The Kier molecular flexibility index (Phi) is 7.07. The molecule has 0 saturated carbocycles. The fraction of sp³-hybridized carbons (Fsp3) is 0.316. The molecule has 0 spiro atoms. The lowest BCUT2D eigenvalue weighted by molar-refractivity contribution is -0.144. The van der Waals surface area contributed by atoms with Gasteiger partial charge in [0.15, 0.2) is 23.1 Å². The van der Waals surface area contributed by atoms with E-state index in [0.29, 0.717) is 17.9 Å². The number of para-hydroxylation sites is 1. The number of methoxy groups -OCH3 is 2. The second-order valence-electron chi connectivity index (χ2n) is 5.19. The topological polar surface area (TPSA) is 54.0 Å². The Morgan fingerprint density at radius 1 is 0.960 bits per heavy atom. The first-order chi connectivity index (χ1) is 12.1. The van der Waals surface area contributed by atoms with E-state index in [0.717, 1.165) is 5.56 Å². The normalized spacial score (nSPS) is 10.2. The van der Waals surface area contributed by atoms with Gasteiger partial charge in [-0.1, -0.05) is 18.2 Å². The highest BCUT2D eigenvalue weighted by Crippen LogP contribution is 2.28. The van der Waals surface area contributed by atoms with Gasteiger partial charge in [-0.05, 0) is 36.2 Å². The molecule has 2 aromatic rings. The van der Waals surface area contributed by atoms with Crippen molar-refractivity contribution in [1.29, 1.82) is 0 Å². The highest BCUT2D eigenvalue weighted by Gasteiger charge is 2.08. The van der Waals surface area contributed by atoms with Crippen LogP contribution in [0, 0.1) is 5.82 Å². The van der Waals surface area contributed by atoms with Crippen LogP contribution in [0.1, 0.15) is 12.0 Å². The van der Waals surface area contributed by atoms with Crippen LogP contribution >= 0.6 is 0 Å². The summed E-state index contributed by atoms with van der Waals surface area (Å²) in [5.74, 6) is 0.615. The van der Waals surface area contributed by atoms with Crippen LogP contribution in [-0.2, 0) is 16.0 Å². The average Bonchev–Trinajstić information content (AvgIpc) is 2.64. The Morgan fingerprint density at radius 3 is 2.44 bits per heavy atom.